The van der Waals surface area contributed by atoms with E-state index in [9.17, 15) is 4.79 Å². The summed E-state index contributed by atoms with van der Waals surface area (Å²) in [6, 6.07) is 9.95. The number of aromatic nitrogens is 1. The molecule has 2 heterocycles. The number of thiazole rings is 1. The van der Waals surface area contributed by atoms with Gasteiger partial charge in [-0.15, -0.1) is 11.3 Å². The summed E-state index contributed by atoms with van der Waals surface area (Å²) >= 11 is 1.39. The maximum absolute atomic E-state index is 13.1. The topological polar surface area (TPSA) is 46.3 Å². The minimum absolute atomic E-state index is 0.0148. The zero-order chi connectivity index (χ0) is 18.1. The summed E-state index contributed by atoms with van der Waals surface area (Å²) in [5, 5.41) is 0.741. The molecule has 3 aromatic rings. The van der Waals surface area contributed by atoms with Crippen LogP contribution in [0.5, 0.6) is 0 Å². The highest BCUT2D eigenvalue weighted by molar-refractivity contribution is 7.17. The first-order chi connectivity index (χ1) is 11.9. The second kappa shape index (κ2) is 6.84. The molecule has 0 aliphatic carbocycles. The van der Waals surface area contributed by atoms with Gasteiger partial charge in [0, 0.05) is 12.2 Å². The summed E-state index contributed by atoms with van der Waals surface area (Å²) in [5.74, 6) is 1.53. The molecule has 2 aromatic heterocycles. The molecular formula is C20H22N2O2S. The van der Waals surface area contributed by atoms with Gasteiger partial charge in [0.05, 0.1) is 5.69 Å². The molecule has 0 aliphatic heterocycles. The molecule has 1 amide bonds. The molecule has 0 fully saturated rings. The fraction of sp³-hybridized carbons (Fsp3) is 0.300. The molecule has 0 spiro atoms. The van der Waals surface area contributed by atoms with Crippen LogP contribution in [0.15, 0.2) is 34.7 Å². The van der Waals surface area contributed by atoms with E-state index in [1.807, 2.05) is 56.9 Å². The molecule has 0 unspecified atom stereocenters. The Bertz CT molecular complexity index is 924. The van der Waals surface area contributed by atoms with Crippen molar-refractivity contribution in [3.63, 3.8) is 0 Å². The lowest BCUT2D eigenvalue weighted by Gasteiger charge is -2.22. The van der Waals surface area contributed by atoms with Crippen molar-refractivity contribution in [2.24, 2.45) is 0 Å². The third-order valence-corrected chi connectivity index (χ3v) is 5.31. The van der Waals surface area contributed by atoms with Gasteiger partial charge in [-0.25, -0.2) is 4.98 Å². The Labute approximate surface area is 152 Å². The summed E-state index contributed by atoms with van der Waals surface area (Å²) in [6.07, 6.45) is 0. The van der Waals surface area contributed by atoms with Gasteiger partial charge in [0.25, 0.3) is 5.91 Å². The van der Waals surface area contributed by atoms with Gasteiger partial charge >= 0.3 is 0 Å². The minimum atomic E-state index is -0.0148. The number of rotatable bonds is 4. The van der Waals surface area contributed by atoms with E-state index in [2.05, 4.69) is 18.0 Å². The Morgan fingerprint density at radius 1 is 1.16 bits per heavy atom. The highest BCUT2D eigenvalue weighted by atomic mass is 32.1. The van der Waals surface area contributed by atoms with Crippen LogP contribution in [0.2, 0.25) is 0 Å². The van der Waals surface area contributed by atoms with Crippen molar-refractivity contribution in [3.8, 4) is 10.8 Å². The van der Waals surface area contributed by atoms with Gasteiger partial charge in [0.1, 0.15) is 10.6 Å². The number of hydrogen-bond acceptors (Lipinski definition) is 4. The van der Waals surface area contributed by atoms with E-state index in [0.717, 1.165) is 27.7 Å². The Hall–Kier alpha value is -2.40. The van der Waals surface area contributed by atoms with E-state index in [-0.39, 0.29) is 5.91 Å². The second-order valence-electron chi connectivity index (χ2n) is 6.18. The van der Waals surface area contributed by atoms with Crippen molar-refractivity contribution in [2.75, 3.05) is 11.4 Å². The van der Waals surface area contributed by atoms with E-state index in [4.69, 9.17) is 4.42 Å². The molecule has 0 saturated carbocycles. The van der Waals surface area contributed by atoms with Crippen LogP contribution in [0.3, 0.4) is 0 Å². The number of aryl methyl sites for hydroxylation is 4. The third kappa shape index (κ3) is 3.37. The van der Waals surface area contributed by atoms with Crippen LogP contribution >= 0.6 is 11.3 Å². The standard InChI is InChI=1S/C20H22N2O2S/c1-6-22(16-9-7-12(2)11-13(16)3)20(23)18-15(5)21-19(25-18)17-10-8-14(4)24-17/h7-11H,6H2,1-5H3. The number of hydrogen-bond donors (Lipinski definition) is 0. The van der Waals surface area contributed by atoms with E-state index in [1.54, 1.807) is 0 Å². The number of benzene rings is 1. The fourth-order valence-electron chi connectivity index (χ4n) is 2.90. The van der Waals surface area contributed by atoms with Crippen LogP contribution in [0, 0.1) is 27.7 Å². The Kier molecular flexibility index (Phi) is 4.77. The smallest absolute Gasteiger partial charge is 0.270 e. The molecular weight excluding hydrogens is 332 g/mol. The van der Waals surface area contributed by atoms with Gasteiger partial charge in [-0.05, 0) is 58.4 Å². The molecule has 4 nitrogen and oxygen atoms in total. The molecule has 0 N–H and O–H groups in total. The van der Waals surface area contributed by atoms with Gasteiger partial charge < -0.3 is 9.32 Å². The van der Waals surface area contributed by atoms with Crippen molar-refractivity contribution in [1.82, 2.24) is 4.98 Å². The van der Waals surface area contributed by atoms with Crippen LogP contribution in [0.1, 0.15) is 39.2 Å². The van der Waals surface area contributed by atoms with Crippen LogP contribution < -0.4 is 4.90 Å². The first kappa shape index (κ1) is 17.4. The molecule has 0 bridgehead atoms. The number of amides is 1. The van der Waals surface area contributed by atoms with Crippen LogP contribution in [0.4, 0.5) is 5.69 Å². The molecule has 0 saturated heterocycles. The number of furan rings is 1. The summed E-state index contributed by atoms with van der Waals surface area (Å²) in [5.41, 5.74) is 3.97. The normalized spacial score (nSPS) is 10.9. The van der Waals surface area contributed by atoms with Crippen molar-refractivity contribution in [1.29, 1.82) is 0 Å². The van der Waals surface area contributed by atoms with Gasteiger partial charge in [-0.1, -0.05) is 17.7 Å². The Morgan fingerprint density at radius 3 is 2.52 bits per heavy atom. The quantitative estimate of drug-likeness (QED) is 0.638. The highest BCUT2D eigenvalue weighted by Gasteiger charge is 2.24. The van der Waals surface area contributed by atoms with Gasteiger partial charge in [-0.3, -0.25) is 4.79 Å². The van der Waals surface area contributed by atoms with E-state index < -0.39 is 0 Å². The zero-order valence-corrected chi connectivity index (χ0v) is 16.0. The average Bonchev–Trinajstić information content (AvgIpc) is 3.15. The van der Waals surface area contributed by atoms with E-state index in [0.29, 0.717) is 17.2 Å². The van der Waals surface area contributed by atoms with E-state index >= 15 is 0 Å². The zero-order valence-electron chi connectivity index (χ0n) is 15.2. The first-order valence-electron chi connectivity index (χ1n) is 8.34. The van der Waals surface area contributed by atoms with Crippen LogP contribution in [-0.4, -0.2) is 17.4 Å². The minimum Gasteiger partial charge on any atom is -0.459 e. The second-order valence-corrected chi connectivity index (χ2v) is 7.18. The van der Waals surface area contributed by atoms with Gasteiger partial charge in [-0.2, -0.15) is 0 Å². The van der Waals surface area contributed by atoms with Crippen molar-refractivity contribution in [3.05, 3.63) is 57.8 Å². The number of carbonyl (C=O) groups is 1. The summed E-state index contributed by atoms with van der Waals surface area (Å²) in [7, 11) is 0. The van der Waals surface area contributed by atoms with E-state index in [1.165, 1.54) is 16.9 Å². The van der Waals surface area contributed by atoms with Crippen LogP contribution in [0.25, 0.3) is 10.8 Å². The molecule has 130 valence electrons. The summed E-state index contributed by atoms with van der Waals surface area (Å²) < 4.78 is 5.64. The maximum Gasteiger partial charge on any atom is 0.270 e. The fourth-order valence-corrected chi connectivity index (χ4v) is 3.88. The SMILES string of the molecule is CCN(C(=O)c1sc(-c2ccc(C)o2)nc1C)c1ccc(C)cc1C. The Morgan fingerprint density at radius 2 is 1.92 bits per heavy atom. The lowest BCUT2D eigenvalue weighted by molar-refractivity contribution is 0.0991. The largest absolute Gasteiger partial charge is 0.459 e. The Balaban J connectivity index is 1.97. The highest BCUT2D eigenvalue weighted by Crippen LogP contribution is 2.31. The van der Waals surface area contributed by atoms with Crippen molar-refractivity contribution in [2.45, 2.75) is 34.6 Å². The monoisotopic (exact) mass is 354 g/mol. The molecule has 25 heavy (non-hydrogen) atoms. The number of nitrogens with zero attached hydrogens (tertiary/aromatic N) is 2. The third-order valence-electron chi connectivity index (χ3n) is 4.15. The average molecular weight is 354 g/mol. The molecule has 0 atom stereocenters. The lowest BCUT2D eigenvalue weighted by Crippen LogP contribution is -2.31. The van der Waals surface area contributed by atoms with Crippen molar-refractivity contribution < 1.29 is 9.21 Å². The van der Waals surface area contributed by atoms with Crippen molar-refractivity contribution >= 4 is 22.9 Å². The van der Waals surface area contributed by atoms with Crippen LogP contribution in [-0.2, 0) is 0 Å². The molecule has 0 aliphatic rings. The maximum atomic E-state index is 13.1. The number of anilines is 1. The predicted octanol–water partition coefficient (Wildman–Crippen LogP) is 5.30. The summed E-state index contributed by atoms with van der Waals surface area (Å²) in [4.78, 5) is 20.2. The number of carbonyl (C=O) groups excluding carboxylic acids is 1. The molecule has 3 rings (SSSR count). The first-order valence-corrected chi connectivity index (χ1v) is 9.15. The molecule has 5 heteroatoms. The van der Waals surface area contributed by atoms with Gasteiger partial charge in [0.15, 0.2) is 10.8 Å². The lowest BCUT2D eigenvalue weighted by atomic mass is 10.1. The molecule has 0 radical (unpaired) electrons. The predicted molar refractivity (Wildman–Crippen MR) is 103 cm³/mol. The van der Waals surface area contributed by atoms with Gasteiger partial charge in [0.2, 0.25) is 0 Å². The summed E-state index contributed by atoms with van der Waals surface area (Å²) in [6.45, 7) is 10.5. The molecule has 1 aromatic carbocycles.